The number of alkyl halides is 3. The first-order valence-corrected chi connectivity index (χ1v) is 5.83. The van der Waals surface area contributed by atoms with E-state index in [1.807, 2.05) is 25.1 Å². The molecule has 1 aromatic carbocycles. The van der Waals surface area contributed by atoms with Crippen molar-refractivity contribution in [3.05, 3.63) is 35.4 Å². The fraction of sp³-hybridized carbons (Fsp3) is 0.455. The summed E-state index contributed by atoms with van der Waals surface area (Å²) in [5.41, 5.74) is 2.33. The number of aliphatic hydroxyl groups is 1. The van der Waals surface area contributed by atoms with Crippen LogP contribution < -0.4 is 0 Å². The number of halogens is 3. The molecule has 1 nitrogen and oxygen atoms in total. The molecule has 84 valence electrons. The van der Waals surface area contributed by atoms with Crippen LogP contribution in [0.25, 0.3) is 0 Å². The predicted octanol–water partition coefficient (Wildman–Crippen LogP) is 3.66. The molecule has 1 N–H and O–H groups in total. The van der Waals surface area contributed by atoms with Gasteiger partial charge in [-0.25, -0.2) is 0 Å². The highest BCUT2D eigenvalue weighted by Gasteiger charge is 2.30. The van der Waals surface area contributed by atoms with Crippen LogP contribution >= 0.6 is 34.8 Å². The molecular weight excluding hydrogens is 254 g/mol. The summed E-state index contributed by atoms with van der Waals surface area (Å²) in [7, 11) is 0. The third kappa shape index (κ3) is 4.60. The largest absolute Gasteiger partial charge is 0.389 e. The van der Waals surface area contributed by atoms with Crippen LogP contribution in [-0.2, 0) is 6.42 Å². The van der Waals surface area contributed by atoms with Gasteiger partial charge < -0.3 is 5.11 Å². The molecule has 15 heavy (non-hydrogen) atoms. The van der Waals surface area contributed by atoms with Gasteiger partial charge in [0, 0.05) is 0 Å². The number of hydrogen-bond donors (Lipinski definition) is 1. The highest BCUT2D eigenvalue weighted by atomic mass is 35.6. The Kier molecular flexibility index (Phi) is 4.72. The van der Waals surface area contributed by atoms with Gasteiger partial charge in [-0.05, 0) is 25.3 Å². The summed E-state index contributed by atoms with van der Waals surface area (Å²) in [6.45, 7) is 2.02. The monoisotopic (exact) mass is 266 g/mol. The summed E-state index contributed by atoms with van der Waals surface area (Å²) in [6.07, 6.45) is 0.222. The second kappa shape index (κ2) is 5.40. The Labute approximate surface area is 105 Å². The van der Waals surface area contributed by atoms with E-state index in [9.17, 15) is 5.11 Å². The van der Waals surface area contributed by atoms with Crippen molar-refractivity contribution in [2.45, 2.75) is 29.7 Å². The fourth-order valence-corrected chi connectivity index (χ4v) is 1.66. The lowest BCUT2D eigenvalue weighted by molar-refractivity contribution is 0.169. The molecule has 0 aliphatic rings. The zero-order valence-corrected chi connectivity index (χ0v) is 10.6. The third-order valence-electron chi connectivity index (χ3n) is 2.17. The standard InChI is InChI=1S/C11H13Cl3O/c1-8-3-2-4-9(7-8)5-6-10(15)11(12,13)14/h2-4,7,10,15H,5-6H2,1H3. The second-order valence-electron chi connectivity index (χ2n) is 3.59. The third-order valence-corrected chi connectivity index (χ3v) is 2.92. The Morgan fingerprint density at radius 1 is 1.33 bits per heavy atom. The summed E-state index contributed by atoms with van der Waals surface area (Å²) in [4.78, 5) is 0. The Hall–Kier alpha value is 0.0500. The summed E-state index contributed by atoms with van der Waals surface area (Å²) >= 11 is 16.7. The van der Waals surface area contributed by atoms with Gasteiger partial charge in [0.05, 0.1) is 0 Å². The Morgan fingerprint density at radius 3 is 2.53 bits per heavy atom. The smallest absolute Gasteiger partial charge is 0.216 e. The first-order valence-electron chi connectivity index (χ1n) is 4.70. The topological polar surface area (TPSA) is 20.2 Å². The van der Waals surface area contributed by atoms with Crippen LogP contribution in [0.3, 0.4) is 0 Å². The van der Waals surface area contributed by atoms with Crippen LogP contribution in [0.15, 0.2) is 24.3 Å². The second-order valence-corrected chi connectivity index (χ2v) is 5.95. The highest BCUT2D eigenvalue weighted by molar-refractivity contribution is 6.68. The number of rotatable bonds is 3. The minimum absolute atomic E-state index is 0.444. The Balaban J connectivity index is 2.51. The molecule has 0 spiro atoms. The lowest BCUT2D eigenvalue weighted by Gasteiger charge is -2.18. The molecule has 4 heteroatoms. The molecule has 0 aliphatic carbocycles. The van der Waals surface area contributed by atoms with E-state index in [0.29, 0.717) is 12.8 Å². The summed E-state index contributed by atoms with van der Waals surface area (Å²) in [5.74, 6) is 0. The van der Waals surface area contributed by atoms with Crippen molar-refractivity contribution in [1.82, 2.24) is 0 Å². The van der Waals surface area contributed by atoms with Gasteiger partial charge in [0.1, 0.15) is 6.10 Å². The molecular formula is C11H13Cl3O. The Bertz CT molecular complexity index is 320. The number of benzene rings is 1. The van der Waals surface area contributed by atoms with E-state index in [0.717, 1.165) is 5.56 Å². The van der Waals surface area contributed by atoms with Crippen LogP contribution in [-0.4, -0.2) is 15.0 Å². The summed E-state index contributed by atoms with van der Waals surface area (Å²) < 4.78 is -1.59. The fourth-order valence-electron chi connectivity index (χ4n) is 1.33. The SMILES string of the molecule is Cc1cccc(CCC(O)C(Cl)(Cl)Cl)c1. The van der Waals surface area contributed by atoms with Crippen molar-refractivity contribution in [3.8, 4) is 0 Å². The first-order chi connectivity index (χ1) is 6.89. The molecule has 0 heterocycles. The molecule has 1 unspecified atom stereocenters. The zero-order chi connectivity index (χ0) is 11.5. The molecule has 0 fully saturated rings. The normalized spacial score (nSPS) is 13.9. The quantitative estimate of drug-likeness (QED) is 0.829. The van der Waals surface area contributed by atoms with Gasteiger partial charge in [-0.2, -0.15) is 0 Å². The van der Waals surface area contributed by atoms with Gasteiger partial charge in [-0.3, -0.25) is 0 Å². The lowest BCUT2D eigenvalue weighted by Crippen LogP contribution is -2.25. The summed E-state index contributed by atoms with van der Waals surface area (Å²) in [6, 6.07) is 8.06. The van der Waals surface area contributed by atoms with Crippen LogP contribution in [0.2, 0.25) is 0 Å². The van der Waals surface area contributed by atoms with Crippen LogP contribution in [0, 0.1) is 6.92 Å². The molecule has 0 amide bonds. The molecule has 0 aliphatic heterocycles. The van der Waals surface area contributed by atoms with E-state index >= 15 is 0 Å². The average Bonchev–Trinajstić information content (AvgIpc) is 2.12. The van der Waals surface area contributed by atoms with Crippen LogP contribution in [0.1, 0.15) is 17.5 Å². The predicted molar refractivity (Wildman–Crippen MR) is 65.8 cm³/mol. The molecule has 0 aromatic heterocycles. The molecule has 0 saturated heterocycles. The van der Waals surface area contributed by atoms with Gasteiger partial charge in [0.25, 0.3) is 0 Å². The Morgan fingerprint density at radius 2 is 2.00 bits per heavy atom. The van der Waals surface area contributed by atoms with Crippen molar-refractivity contribution in [3.63, 3.8) is 0 Å². The molecule has 0 radical (unpaired) electrons. The number of hydrogen-bond acceptors (Lipinski definition) is 1. The van der Waals surface area contributed by atoms with E-state index in [4.69, 9.17) is 34.8 Å². The van der Waals surface area contributed by atoms with E-state index in [1.54, 1.807) is 0 Å². The van der Waals surface area contributed by atoms with E-state index in [2.05, 4.69) is 6.07 Å². The lowest BCUT2D eigenvalue weighted by atomic mass is 10.1. The zero-order valence-electron chi connectivity index (χ0n) is 8.38. The van der Waals surface area contributed by atoms with Crippen molar-refractivity contribution in [2.75, 3.05) is 0 Å². The van der Waals surface area contributed by atoms with E-state index in [-0.39, 0.29) is 0 Å². The van der Waals surface area contributed by atoms with E-state index < -0.39 is 9.90 Å². The highest BCUT2D eigenvalue weighted by Crippen LogP contribution is 2.32. The van der Waals surface area contributed by atoms with Gasteiger partial charge in [0.15, 0.2) is 0 Å². The van der Waals surface area contributed by atoms with Crippen molar-refractivity contribution in [2.24, 2.45) is 0 Å². The summed E-state index contributed by atoms with van der Waals surface area (Å²) in [5, 5.41) is 9.52. The molecule has 1 aromatic rings. The maximum atomic E-state index is 9.52. The average molecular weight is 268 g/mol. The van der Waals surface area contributed by atoms with Gasteiger partial charge in [-0.15, -0.1) is 0 Å². The van der Waals surface area contributed by atoms with Crippen molar-refractivity contribution >= 4 is 34.8 Å². The molecule has 0 saturated carbocycles. The van der Waals surface area contributed by atoms with E-state index in [1.165, 1.54) is 5.56 Å². The van der Waals surface area contributed by atoms with Gasteiger partial charge in [-0.1, -0.05) is 64.6 Å². The van der Waals surface area contributed by atoms with Crippen LogP contribution in [0.5, 0.6) is 0 Å². The minimum Gasteiger partial charge on any atom is -0.389 e. The van der Waals surface area contributed by atoms with Gasteiger partial charge >= 0.3 is 0 Å². The van der Waals surface area contributed by atoms with Gasteiger partial charge in [0.2, 0.25) is 3.79 Å². The van der Waals surface area contributed by atoms with Crippen molar-refractivity contribution in [1.29, 1.82) is 0 Å². The molecule has 1 rings (SSSR count). The number of aryl methyl sites for hydroxylation is 2. The van der Waals surface area contributed by atoms with Crippen LogP contribution in [0.4, 0.5) is 0 Å². The molecule has 0 bridgehead atoms. The maximum absolute atomic E-state index is 9.52. The maximum Gasteiger partial charge on any atom is 0.216 e. The minimum atomic E-state index is -1.59. The molecule has 1 atom stereocenters. The number of aliphatic hydroxyl groups excluding tert-OH is 1. The first kappa shape index (κ1) is 13.1. The van der Waals surface area contributed by atoms with Crippen molar-refractivity contribution < 1.29 is 5.11 Å².